The molecule has 2 N–H and O–H groups in total. The summed E-state index contributed by atoms with van der Waals surface area (Å²) in [6, 6.07) is -0.557. The van der Waals surface area contributed by atoms with E-state index in [0.29, 0.717) is 0 Å². The third-order valence-electron chi connectivity index (χ3n) is 2.12. The molecule has 6 nitrogen and oxygen atoms in total. The van der Waals surface area contributed by atoms with Crippen LogP contribution in [0.1, 0.15) is 36.4 Å². The molecule has 2 atom stereocenters. The molecule has 0 radical (unpaired) electrons. The molecular formula is C9H13N3O3S. The molecule has 1 aromatic rings. The lowest BCUT2D eigenvalue weighted by Crippen LogP contribution is -2.12. The quantitative estimate of drug-likeness (QED) is 0.758. The maximum Gasteiger partial charge on any atom is 0.244 e. The molecule has 0 saturated heterocycles. The average Bonchev–Trinajstić information content (AvgIpc) is 2.64. The number of terminal acetylenes is 1. The van der Waals surface area contributed by atoms with Crippen molar-refractivity contribution in [2.75, 3.05) is 6.26 Å². The summed E-state index contributed by atoms with van der Waals surface area (Å²) >= 11 is 0. The van der Waals surface area contributed by atoms with Crippen LogP contribution in [0, 0.1) is 12.3 Å². The minimum absolute atomic E-state index is 0.102. The smallest absolute Gasteiger partial charge is 0.244 e. The molecule has 0 aliphatic rings. The van der Waals surface area contributed by atoms with Crippen molar-refractivity contribution >= 4 is 9.84 Å². The first-order valence-electron chi connectivity index (χ1n) is 4.57. The van der Waals surface area contributed by atoms with Crippen LogP contribution in [0.2, 0.25) is 0 Å². The van der Waals surface area contributed by atoms with E-state index in [-0.39, 0.29) is 18.1 Å². The van der Waals surface area contributed by atoms with Crippen LogP contribution < -0.4 is 5.73 Å². The lowest BCUT2D eigenvalue weighted by molar-refractivity contribution is 0.352. The Bertz CT molecular complexity index is 500. The van der Waals surface area contributed by atoms with E-state index < -0.39 is 21.1 Å². The van der Waals surface area contributed by atoms with Gasteiger partial charge < -0.3 is 10.3 Å². The number of hydrogen-bond donors (Lipinski definition) is 1. The first-order chi connectivity index (χ1) is 7.36. The van der Waals surface area contributed by atoms with Gasteiger partial charge in [-0.25, -0.2) is 8.42 Å². The third-order valence-corrected chi connectivity index (χ3v) is 3.61. The van der Waals surface area contributed by atoms with Crippen LogP contribution in [0.15, 0.2) is 4.52 Å². The zero-order valence-corrected chi connectivity index (χ0v) is 9.86. The van der Waals surface area contributed by atoms with Gasteiger partial charge in [-0.15, -0.1) is 12.3 Å². The van der Waals surface area contributed by atoms with E-state index in [4.69, 9.17) is 16.7 Å². The van der Waals surface area contributed by atoms with Crippen molar-refractivity contribution < 1.29 is 12.9 Å². The molecule has 88 valence electrons. The third kappa shape index (κ3) is 2.81. The van der Waals surface area contributed by atoms with Crippen molar-refractivity contribution in [3.05, 3.63) is 11.7 Å². The van der Waals surface area contributed by atoms with Gasteiger partial charge in [0.15, 0.2) is 15.7 Å². The molecule has 0 fully saturated rings. The molecule has 0 aliphatic carbocycles. The molecule has 0 aliphatic heterocycles. The molecule has 2 unspecified atom stereocenters. The molecule has 7 heteroatoms. The summed E-state index contributed by atoms with van der Waals surface area (Å²) in [4.78, 5) is 3.92. The standard InChI is InChI=1S/C9H13N3O3S/c1-4-5-7(10)9-11-8(12-15-9)6(2)16(3,13)14/h1,6-7H,5,10H2,2-3H3. The Kier molecular flexibility index (Phi) is 3.67. The lowest BCUT2D eigenvalue weighted by atomic mass is 10.2. The van der Waals surface area contributed by atoms with E-state index in [0.717, 1.165) is 6.26 Å². The molecule has 1 heterocycles. The normalized spacial score (nSPS) is 15.4. The van der Waals surface area contributed by atoms with Crippen molar-refractivity contribution in [1.82, 2.24) is 10.1 Å². The summed E-state index contributed by atoms with van der Waals surface area (Å²) in [5.74, 6) is 2.62. The van der Waals surface area contributed by atoms with Gasteiger partial charge in [-0.1, -0.05) is 5.16 Å². The summed E-state index contributed by atoms with van der Waals surface area (Å²) in [5.41, 5.74) is 5.64. The number of nitrogens with zero attached hydrogens (tertiary/aromatic N) is 2. The van der Waals surface area contributed by atoms with Gasteiger partial charge in [-0.2, -0.15) is 4.98 Å². The Morgan fingerprint density at radius 2 is 2.25 bits per heavy atom. The highest BCUT2D eigenvalue weighted by atomic mass is 32.2. The zero-order valence-electron chi connectivity index (χ0n) is 9.04. The molecule has 0 saturated carbocycles. The zero-order chi connectivity index (χ0) is 12.3. The van der Waals surface area contributed by atoms with Crippen LogP contribution in [0.25, 0.3) is 0 Å². The molecule has 0 amide bonds. The summed E-state index contributed by atoms with van der Waals surface area (Å²) in [7, 11) is -3.25. The predicted octanol–water partition coefficient (Wildman–Crippen LogP) is 0.198. The van der Waals surface area contributed by atoms with Gasteiger partial charge in [0.2, 0.25) is 5.89 Å². The van der Waals surface area contributed by atoms with E-state index in [1.165, 1.54) is 6.92 Å². The Labute approximate surface area is 94.1 Å². The molecule has 1 aromatic heterocycles. The van der Waals surface area contributed by atoms with Crippen LogP contribution >= 0.6 is 0 Å². The van der Waals surface area contributed by atoms with Crippen LogP contribution in [-0.4, -0.2) is 24.8 Å². The van der Waals surface area contributed by atoms with Gasteiger partial charge in [0.05, 0.1) is 6.04 Å². The van der Waals surface area contributed by atoms with E-state index in [1.807, 2.05) is 0 Å². The van der Waals surface area contributed by atoms with E-state index in [1.54, 1.807) is 0 Å². The molecule has 0 aromatic carbocycles. The van der Waals surface area contributed by atoms with Crippen LogP contribution in [0.5, 0.6) is 0 Å². The Morgan fingerprint density at radius 1 is 1.62 bits per heavy atom. The van der Waals surface area contributed by atoms with Gasteiger partial charge in [0, 0.05) is 12.7 Å². The largest absolute Gasteiger partial charge is 0.338 e. The first kappa shape index (κ1) is 12.7. The Hall–Kier alpha value is -1.39. The highest BCUT2D eigenvalue weighted by Gasteiger charge is 2.24. The van der Waals surface area contributed by atoms with Crippen molar-refractivity contribution in [3.63, 3.8) is 0 Å². The minimum Gasteiger partial charge on any atom is -0.338 e. The minimum atomic E-state index is -3.25. The average molecular weight is 243 g/mol. The molecule has 0 bridgehead atoms. The highest BCUT2D eigenvalue weighted by Crippen LogP contribution is 2.19. The second-order valence-corrected chi connectivity index (χ2v) is 5.84. The van der Waals surface area contributed by atoms with Crippen LogP contribution in [0.3, 0.4) is 0 Å². The van der Waals surface area contributed by atoms with Crippen molar-refractivity contribution in [3.8, 4) is 12.3 Å². The predicted molar refractivity (Wildman–Crippen MR) is 57.9 cm³/mol. The molecule has 0 spiro atoms. The SMILES string of the molecule is C#CCC(N)c1nc(C(C)S(C)(=O)=O)no1. The fraction of sp³-hybridized carbons (Fsp3) is 0.556. The monoisotopic (exact) mass is 243 g/mol. The van der Waals surface area contributed by atoms with E-state index in [2.05, 4.69) is 16.1 Å². The molecule has 1 rings (SSSR count). The van der Waals surface area contributed by atoms with E-state index in [9.17, 15) is 8.42 Å². The Morgan fingerprint density at radius 3 is 2.75 bits per heavy atom. The fourth-order valence-electron chi connectivity index (χ4n) is 0.969. The highest BCUT2D eigenvalue weighted by molar-refractivity contribution is 7.90. The Balaban J connectivity index is 2.92. The number of hydrogen-bond acceptors (Lipinski definition) is 6. The topological polar surface area (TPSA) is 99.1 Å². The number of nitrogens with two attached hydrogens (primary N) is 1. The number of aromatic nitrogens is 2. The van der Waals surface area contributed by atoms with Gasteiger partial charge in [0.1, 0.15) is 5.25 Å². The summed E-state index contributed by atoms with van der Waals surface area (Å²) in [6.07, 6.45) is 6.45. The van der Waals surface area contributed by atoms with Crippen molar-refractivity contribution in [1.29, 1.82) is 0 Å². The first-order valence-corrected chi connectivity index (χ1v) is 6.53. The van der Waals surface area contributed by atoms with Gasteiger partial charge in [-0.05, 0) is 6.92 Å². The maximum atomic E-state index is 11.3. The summed E-state index contributed by atoms with van der Waals surface area (Å²) < 4.78 is 27.4. The number of sulfone groups is 1. The second kappa shape index (κ2) is 4.63. The van der Waals surface area contributed by atoms with Crippen LogP contribution in [0.4, 0.5) is 0 Å². The maximum absolute atomic E-state index is 11.3. The van der Waals surface area contributed by atoms with Crippen molar-refractivity contribution in [2.24, 2.45) is 5.73 Å². The van der Waals surface area contributed by atoms with Gasteiger partial charge >= 0.3 is 0 Å². The summed E-state index contributed by atoms with van der Waals surface area (Å²) in [6.45, 7) is 1.48. The molecular weight excluding hydrogens is 230 g/mol. The fourth-order valence-corrected chi connectivity index (χ4v) is 1.45. The molecule has 16 heavy (non-hydrogen) atoms. The van der Waals surface area contributed by atoms with Gasteiger partial charge in [-0.3, -0.25) is 0 Å². The summed E-state index contributed by atoms with van der Waals surface area (Å²) in [5, 5.41) is 2.76. The lowest BCUT2D eigenvalue weighted by Gasteiger charge is -2.02. The number of rotatable bonds is 4. The van der Waals surface area contributed by atoms with Gasteiger partial charge in [0.25, 0.3) is 0 Å². The van der Waals surface area contributed by atoms with Crippen LogP contribution in [-0.2, 0) is 9.84 Å². The second-order valence-electron chi connectivity index (χ2n) is 3.48. The van der Waals surface area contributed by atoms with Crippen molar-refractivity contribution in [2.45, 2.75) is 24.6 Å². The van der Waals surface area contributed by atoms with E-state index >= 15 is 0 Å².